The second kappa shape index (κ2) is 2.65. The van der Waals surface area contributed by atoms with Gasteiger partial charge in [-0.1, -0.05) is 0 Å². The second-order valence-corrected chi connectivity index (χ2v) is 2.31. The van der Waals surface area contributed by atoms with E-state index in [0.29, 0.717) is 0 Å². The Morgan fingerprint density at radius 1 is 1.27 bits per heavy atom. The number of hydrogen-bond donors (Lipinski definition) is 0. The number of hydrogen-bond acceptors (Lipinski definition) is 4. The molecule has 0 spiro atoms. The van der Waals surface area contributed by atoms with Crippen LogP contribution in [0.15, 0.2) is 23.7 Å². The summed E-state index contributed by atoms with van der Waals surface area (Å²) < 4.78 is 0. The molecule has 1 aromatic rings. The fraction of sp³-hybridized carbons (Fsp3) is 0.286. The SMILES string of the molecule is C1=NCCN1c1cncnc1. The van der Waals surface area contributed by atoms with Gasteiger partial charge < -0.3 is 4.90 Å². The predicted octanol–water partition coefficient (Wildman–Crippen LogP) is 0.325. The van der Waals surface area contributed by atoms with Gasteiger partial charge in [-0.3, -0.25) is 4.99 Å². The average molecular weight is 148 g/mol. The highest BCUT2D eigenvalue weighted by molar-refractivity contribution is 5.80. The van der Waals surface area contributed by atoms with Crippen LogP contribution in [0.1, 0.15) is 0 Å². The molecule has 0 aromatic carbocycles. The molecule has 0 bridgehead atoms. The lowest BCUT2D eigenvalue weighted by Gasteiger charge is -2.11. The van der Waals surface area contributed by atoms with Crippen molar-refractivity contribution in [2.75, 3.05) is 18.0 Å². The van der Waals surface area contributed by atoms with Crippen molar-refractivity contribution in [1.29, 1.82) is 0 Å². The van der Waals surface area contributed by atoms with Gasteiger partial charge in [0.25, 0.3) is 0 Å². The minimum absolute atomic E-state index is 0.870. The maximum Gasteiger partial charge on any atom is 0.115 e. The highest BCUT2D eigenvalue weighted by atomic mass is 15.2. The Kier molecular flexibility index (Phi) is 1.51. The summed E-state index contributed by atoms with van der Waals surface area (Å²) in [6.07, 6.45) is 6.91. The molecule has 1 aromatic heterocycles. The van der Waals surface area contributed by atoms with Crippen LogP contribution < -0.4 is 4.90 Å². The molecule has 0 saturated heterocycles. The Labute approximate surface area is 64.6 Å². The molecule has 0 fully saturated rings. The third-order valence-corrected chi connectivity index (χ3v) is 1.57. The summed E-state index contributed by atoms with van der Waals surface area (Å²) in [5.74, 6) is 0. The van der Waals surface area contributed by atoms with Crippen molar-refractivity contribution in [1.82, 2.24) is 9.97 Å². The summed E-state index contributed by atoms with van der Waals surface area (Å²) in [7, 11) is 0. The standard InChI is InChI=1S/C7H8N4/c1-2-11(6-8-1)7-3-9-5-10-4-7/h3-6H,1-2H2. The third kappa shape index (κ3) is 1.19. The van der Waals surface area contributed by atoms with Crippen molar-refractivity contribution < 1.29 is 0 Å². The summed E-state index contributed by atoms with van der Waals surface area (Å²) in [5, 5.41) is 0. The molecule has 0 unspecified atom stereocenters. The van der Waals surface area contributed by atoms with Crippen molar-refractivity contribution in [3.63, 3.8) is 0 Å². The number of anilines is 1. The zero-order valence-corrected chi connectivity index (χ0v) is 6.01. The molecule has 2 heterocycles. The van der Waals surface area contributed by atoms with Crippen LogP contribution >= 0.6 is 0 Å². The Hall–Kier alpha value is -1.45. The molecule has 1 aliphatic rings. The molecule has 0 radical (unpaired) electrons. The van der Waals surface area contributed by atoms with Crippen molar-refractivity contribution in [3.8, 4) is 0 Å². The molecular weight excluding hydrogens is 140 g/mol. The first-order valence-corrected chi connectivity index (χ1v) is 3.48. The molecule has 1 aliphatic heterocycles. The molecular formula is C7H8N4. The van der Waals surface area contributed by atoms with Crippen LogP contribution in [0, 0.1) is 0 Å². The van der Waals surface area contributed by atoms with Gasteiger partial charge in [0.2, 0.25) is 0 Å². The van der Waals surface area contributed by atoms with Gasteiger partial charge in [-0.05, 0) is 0 Å². The van der Waals surface area contributed by atoms with E-state index in [-0.39, 0.29) is 0 Å². The van der Waals surface area contributed by atoms with E-state index >= 15 is 0 Å². The van der Waals surface area contributed by atoms with Gasteiger partial charge in [0.1, 0.15) is 6.33 Å². The lowest BCUT2D eigenvalue weighted by Crippen LogP contribution is -2.18. The third-order valence-electron chi connectivity index (χ3n) is 1.57. The molecule has 0 atom stereocenters. The largest absolute Gasteiger partial charge is 0.328 e. The first-order chi connectivity index (χ1) is 5.47. The van der Waals surface area contributed by atoms with E-state index < -0.39 is 0 Å². The first kappa shape index (κ1) is 6.27. The van der Waals surface area contributed by atoms with Gasteiger partial charge in [-0.25, -0.2) is 9.97 Å². The van der Waals surface area contributed by atoms with Gasteiger partial charge in [-0.2, -0.15) is 0 Å². The summed E-state index contributed by atoms with van der Waals surface area (Å²) >= 11 is 0. The van der Waals surface area contributed by atoms with E-state index in [1.54, 1.807) is 12.4 Å². The van der Waals surface area contributed by atoms with Gasteiger partial charge in [0, 0.05) is 6.54 Å². The van der Waals surface area contributed by atoms with Crippen LogP contribution in [0.5, 0.6) is 0 Å². The van der Waals surface area contributed by atoms with Gasteiger partial charge in [0.05, 0.1) is 31.0 Å². The highest BCUT2D eigenvalue weighted by Gasteiger charge is 2.06. The van der Waals surface area contributed by atoms with Crippen LogP contribution in [-0.4, -0.2) is 29.4 Å². The Morgan fingerprint density at radius 3 is 2.73 bits per heavy atom. The number of nitrogens with zero attached hydrogens (tertiary/aromatic N) is 4. The van der Waals surface area contributed by atoms with E-state index in [4.69, 9.17) is 0 Å². The summed E-state index contributed by atoms with van der Waals surface area (Å²) in [6.45, 7) is 1.81. The van der Waals surface area contributed by atoms with Crippen LogP contribution in [-0.2, 0) is 0 Å². The van der Waals surface area contributed by atoms with E-state index in [1.807, 2.05) is 11.2 Å². The molecule has 4 nitrogen and oxygen atoms in total. The molecule has 0 N–H and O–H groups in total. The summed E-state index contributed by atoms with van der Waals surface area (Å²) in [5.41, 5.74) is 1.01. The molecule has 11 heavy (non-hydrogen) atoms. The van der Waals surface area contributed by atoms with Gasteiger partial charge in [0.15, 0.2) is 0 Å². The predicted molar refractivity (Wildman–Crippen MR) is 42.7 cm³/mol. The summed E-state index contributed by atoms with van der Waals surface area (Å²) in [6, 6.07) is 0. The Morgan fingerprint density at radius 2 is 2.09 bits per heavy atom. The fourth-order valence-corrected chi connectivity index (χ4v) is 1.01. The Bertz CT molecular complexity index is 256. The molecule has 0 amide bonds. The van der Waals surface area contributed by atoms with E-state index in [9.17, 15) is 0 Å². The van der Waals surface area contributed by atoms with Gasteiger partial charge in [-0.15, -0.1) is 0 Å². The zero-order chi connectivity index (χ0) is 7.52. The van der Waals surface area contributed by atoms with Crippen molar-refractivity contribution in [3.05, 3.63) is 18.7 Å². The van der Waals surface area contributed by atoms with E-state index in [1.165, 1.54) is 6.33 Å². The maximum atomic E-state index is 4.09. The number of aliphatic imine (C=N–C) groups is 1. The molecule has 2 rings (SSSR count). The monoisotopic (exact) mass is 148 g/mol. The van der Waals surface area contributed by atoms with Crippen molar-refractivity contribution in [2.24, 2.45) is 4.99 Å². The highest BCUT2D eigenvalue weighted by Crippen LogP contribution is 2.09. The first-order valence-electron chi connectivity index (χ1n) is 3.48. The van der Waals surface area contributed by atoms with Crippen LogP contribution in [0.2, 0.25) is 0 Å². The summed E-state index contributed by atoms with van der Waals surface area (Å²) in [4.78, 5) is 13.9. The lowest BCUT2D eigenvalue weighted by molar-refractivity contribution is 1.01. The topological polar surface area (TPSA) is 41.4 Å². The average Bonchev–Trinajstić information content (AvgIpc) is 2.58. The smallest absolute Gasteiger partial charge is 0.115 e. The number of aromatic nitrogens is 2. The second-order valence-electron chi connectivity index (χ2n) is 2.31. The van der Waals surface area contributed by atoms with Crippen LogP contribution in [0.25, 0.3) is 0 Å². The van der Waals surface area contributed by atoms with Crippen LogP contribution in [0.4, 0.5) is 5.69 Å². The minimum atomic E-state index is 0.870. The zero-order valence-electron chi connectivity index (χ0n) is 6.01. The van der Waals surface area contributed by atoms with E-state index in [2.05, 4.69) is 15.0 Å². The normalized spacial score (nSPS) is 15.8. The van der Waals surface area contributed by atoms with Crippen molar-refractivity contribution in [2.45, 2.75) is 0 Å². The molecule has 56 valence electrons. The minimum Gasteiger partial charge on any atom is -0.328 e. The molecule has 0 saturated carbocycles. The van der Waals surface area contributed by atoms with Crippen molar-refractivity contribution >= 4 is 12.0 Å². The fourth-order valence-electron chi connectivity index (χ4n) is 1.01. The number of rotatable bonds is 1. The Balaban J connectivity index is 2.23. The van der Waals surface area contributed by atoms with E-state index in [0.717, 1.165) is 18.8 Å². The maximum absolute atomic E-state index is 4.09. The van der Waals surface area contributed by atoms with Crippen LogP contribution in [0.3, 0.4) is 0 Å². The lowest BCUT2D eigenvalue weighted by atomic mass is 10.4. The molecule has 4 heteroatoms. The quantitative estimate of drug-likeness (QED) is 0.576. The molecule has 0 aliphatic carbocycles. The van der Waals surface area contributed by atoms with Gasteiger partial charge >= 0.3 is 0 Å².